The fourth-order valence-electron chi connectivity index (χ4n) is 3.62. The maximum absolute atomic E-state index is 13.0. The first-order valence-electron chi connectivity index (χ1n) is 11.2. The number of alkyl halides is 3. The van der Waals surface area contributed by atoms with Crippen LogP contribution in [-0.4, -0.2) is 36.8 Å². The number of ether oxygens (including phenoxy) is 1. The molecule has 0 spiro atoms. The maximum atomic E-state index is 13.0. The molecule has 0 saturated heterocycles. The molecular weight excluding hydrogens is 485 g/mol. The van der Waals surface area contributed by atoms with E-state index in [1.54, 1.807) is 53.3 Å². The molecule has 3 heterocycles. The average molecular weight is 504 g/mol. The Morgan fingerprint density at radius 3 is 2.57 bits per heavy atom. The normalized spacial score (nSPS) is 12.3. The fourth-order valence-corrected chi connectivity index (χ4v) is 3.62. The van der Waals surface area contributed by atoms with Crippen LogP contribution in [0.4, 0.5) is 18.9 Å². The first-order valence-corrected chi connectivity index (χ1v) is 11.2. The number of halogens is 3. The van der Waals surface area contributed by atoms with E-state index in [2.05, 4.69) is 25.6 Å². The smallest absolute Gasteiger partial charge is 0.416 e. The predicted molar refractivity (Wildman–Crippen MR) is 130 cm³/mol. The first kappa shape index (κ1) is 23.9. The van der Waals surface area contributed by atoms with Gasteiger partial charge < -0.3 is 10.1 Å². The zero-order valence-corrected chi connectivity index (χ0v) is 19.3. The van der Waals surface area contributed by atoms with E-state index in [0.717, 1.165) is 23.3 Å². The van der Waals surface area contributed by atoms with Crippen LogP contribution in [0.15, 0.2) is 85.2 Å². The molecule has 1 N–H and O–H groups in total. The molecular formula is C26H19F3N6O2. The molecule has 5 aromatic rings. The monoisotopic (exact) mass is 504 g/mol. The number of benzene rings is 2. The van der Waals surface area contributed by atoms with Crippen LogP contribution in [0.1, 0.15) is 12.5 Å². The van der Waals surface area contributed by atoms with Gasteiger partial charge in [0.25, 0.3) is 5.91 Å². The minimum Gasteiger partial charge on any atom is -0.481 e. The Hall–Kier alpha value is -4.80. The molecule has 8 nitrogen and oxygen atoms in total. The van der Waals surface area contributed by atoms with Crippen LogP contribution in [0.5, 0.6) is 5.75 Å². The van der Waals surface area contributed by atoms with Gasteiger partial charge in [-0.2, -0.15) is 22.8 Å². The van der Waals surface area contributed by atoms with Crippen molar-refractivity contribution in [2.24, 2.45) is 0 Å². The van der Waals surface area contributed by atoms with Crippen molar-refractivity contribution < 1.29 is 22.7 Å². The van der Waals surface area contributed by atoms with Crippen molar-refractivity contribution in [3.8, 4) is 28.4 Å². The van der Waals surface area contributed by atoms with Gasteiger partial charge in [0, 0.05) is 29.2 Å². The molecule has 3 aromatic heterocycles. The van der Waals surface area contributed by atoms with Crippen LogP contribution in [0.25, 0.3) is 28.3 Å². The molecule has 0 bridgehead atoms. The minimum atomic E-state index is -4.51. The number of hydrogen-bond acceptors (Lipinski definition) is 6. The summed E-state index contributed by atoms with van der Waals surface area (Å²) < 4.78 is 45.9. The van der Waals surface area contributed by atoms with Crippen molar-refractivity contribution in [2.75, 3.05) is 5.32 Å². The van der Waals surface area contributed by atoms with Crippen molar-refractivity contribution in [3.05, 3.63) is 90.8 Å². The molecule has 0 saturated carbocycles. The van der Waals surface area contributed by atoms with Crippen LogP contribution in [-0.2, 0) is 11.0 Å². The quantitative estimate of drug-likeness (QED) is 0.338. The minimum absolute atomic E-state index is 0.0536. The van der Waals surface area contributed by atoms with Crippen molar-refractivity contribution in [1.29, 1.82) is 0 Å². The lowest BCUT2D eigenvalue weighted by molar-refractivity contribution is -0.137. The number of aromatic nitrogens is 5. The zero-order chi connectivity index (χ0) is 26.0. The number of nitrogens with one attached hydrogen (secondary N) is 1. The van der Waals surface area contributed by atoms with E-state index in [4.69, 9.17) is 4.74 Å². The molecule has 0 aliphatic heterocycles. The molecule has 186 valence electrons. The summed E-state index contributed by atoms with van der Waals surface area (Å²) in [7, 11) is 0. The van der Waals surface area contributed by atoms with Crippen LogP contribution in [0.3, 0.4) is 0 Å². The summed E-state index contributed by atoms with van der Waals surface area (Å²) in [5, 5.41) is 15.7. The summed E-state index contributed by atoms with van der Waals surface area (Å²) in [6.07, 6.45) is -2.21. The number of hydrogen-bond donors (Lipinski definition) is 1. The average Bonchev–Trinajstić information content (AvgIpc) is 3.32. The van der Waals surface area contributed by atoms with Crippen LogP contribution >= 0.6 is 0 Å². The van der Waals surface area contributed by atoms with Gasteiger partial charge in [0.2, 0.25) is 0 Å². The Balaban J connectivity index is 1.34. The van der Waals surface area contributed by atoms with Crippen LogP contribution in [0.2, 0.25) is 0 Å². The highest BCUT2D eigenvalue weighted by atomic mass is 19.4. The summed E-state index contributed by atoms with van der Waals surface area (Å²) in [6.45, 7) is 1.46. The molecule has 0 fully saturated rings. The third kappa shape index (κ3) is 5.25. The lowest BCUT2D eigenvalue weighted by atomic mass is 10.1. The van der Waals surface area contributed by atoms with E-state index < -0.39 is 23.8 Å². The number of carbonyl (C=O) groups excluding carboxylic acids is 1. The van der Waals surface area contributed by atoms with Crippen molar-refractivity contribution in [3.63, 3.8) is 0 Å². The lowest BCUT2D eigenvalue weighted by Gasteiger charge is -2.16. The molecule has 1 amide bonds. The fraction of sp³-hybridized carbons (Fsp3) is 0.115. The molecule has 2 aromatic carbocycles. The third-order valence-electron chi connectivity index (χ3n) is 5.45. The third-order valence-corrected chi connectivity index (χ3v) is 5.45. The summed E-state index contributed by atoms with van der Waals surface area (Å²) in [5.41, 5.74) is 2.27. The number of rotatable bonds is 6. The summed E-state index contributed by atoms with van der Waals surface area (Å²) in [5.74, 6) is -0.0345. The Kier molecular flexibility index (Phi) is 6.26. The zero-order valence-electron chi connectivity index (χ0n) is 19.3. The van der Waals surface area contributed by atoms with Crippen molar-refractivity contribution in [1.82, 2.24) is 24.8 Å². The summed E-state index contributed by atoms with van der Waals surface area (Å²) in [4.78, 5) is 16.8. The Morgan fingerprint density at radius 1 is 0.973 bits per heavy atom. The molecule has 1 atom stereocenters. The Labute approximate surface area is 208 Å². The molecule has 1 unspecified atom stereocenters. The Morgan fingerprint density at radius 2 is 1.78 bits per heavy atom. The number of pyridine rings is 1. The van der Waals surface area contributed by atoms with Gasteiger partial charge in [-0.15, -0.1) is 10.2 Å². The largest absolute Gasteiger partial charge is 0.481 e. The maximum Gasteiger partial charge on any atom is 0.416 e. The standard InChI is InChI=1S/C26H19F3N6O2/c1-16(37-21-9-3-7-19(14-21)26(27,28)29)25(36)31-20-8-2-5-17(13-20)22-10-11-23-32-33-24(35(23)34-22)18-6-4-12-30-15-18/h2-16H,1H3,(H,31,36). The number of anilines is 1. The highest BCUT2D eigenvalue weighted by molar-refractivity contribution is 5.94. The second-order valence-corrected chi connectivity index (χ2v) is 8.11. The van der Waals surface area contributed by atoms with Gasteiger partial charge in [-0.05, 0) is 61.5 Å². The van der Waals surface area contributed by atoms with Gasteiger partial charge in [-0.3, -0.25) is 9.78 Å². The van der Waals surface area contributed by atoms with Crippen LogP contribution in [0, 0.1) is 0 Å². The van der Waals surface area contributed by atoms with Crippen LogP contribution < -0.4 is 10.1 Å². The summed E-state index contributed by atoms with van der Waals surface area (Å²) >= 11 is 0. The molecule has 0 aliphatic carbocycles. The molecule has 37 heavy (non-hydrogen) atoms. The molecule has 0 radical (unpaired) electrons. The first-order chi connectivity index (χ1) is 17.8. The SMILES string of the molecule is CC(Oc1cccc(C(F)(F)F)c1)C(=O)Nc1cccc(-c2ccc3nnc(-c4cccnc4)n3n2)c1. The van der Waals surface area contributed by atoms with E-state index >= 15 is 0 Å². The highest BCUT2D eigenvalue weighted by Crippen LogP contribution is 2.31. The van der Waals surface area contributed by atoms with Gasteiger partial charge in [0.1, 0.15) is 5.75 Å². The van der Waals surface area contributed by atoms with E-state index in [0.29, 0.717) is 22.9 Å². The summed E-state index contributed by atoms with van der Waals surface area (Å²) in [6, 6.07) is 18.6. The number of fused-ring (bicyclic) bond motifs is 1. The second kappa shape index (κ2) is 9.69. The van der Waals surface area contributed by atoms with Gasteiger partial charge in [-0.1, -0.05) is 18.2 Å². The number of carbonyl (C=O) groups is 1. The molecule has 11 heteroatoms. The lowest BCUT2D eigenvalue weighted by Crippen LogP contribution is -2.30. The van der Waals surface area contributed by atoms with E-state index in [-0.39, 0.29) is 5.75 Å². The van der Waals surface area contributed by atoms with Crippen molar-refractivity contribution in [2.45, 2.75) is 19.2 Å². The number of nitrogens with zero attached hydrogens (tertiary/aromatic N) is 5. The molecule has 5 rings (SSSR count). The van der Waals surface area contributed by atoms with Crippen molar-refractivity contribution >= 4 is 17.2 Å². The molecule has 0 aliphatic rings. The predicted octanol–water partition coefficient (Wildman–Crippen LogP) is 5.28. The van der Waals surface area contributed by atoms with Gasteiger partial charge in [0.05, 0.1) is 11.3 Å². The van der Waals surface area contributed by atoms with E-state index in [1.807, 2.05) is 12.1 Å². The van der Waals surface area contributed by atoms with E-state index in [1.165, 1.54) is 19.1 Å². The Bertz CT molecular complexity index is 1570. The van der Waals surface area contributed by atoms with Gasteiger partial charge in [-0.25, -0.2) is 0 Å². The number of amides is 1. The topological polar surface area (TPSA) is 94.3 Å². The second-order valence-electron chi connectivity index (χ2n) is 8.11. The van der Waals surface area contributed by atoms with E-state index in [9.17, 15) is 18.0 Å². The van der Waals surface area contributed by atoms with Gasteiger partial charge in [0.15, 0.2) is 17.6 Å². The van der Waals surface area contributed by atoms with Gasteiger partial charge >= 0.3 is 6.18 Å². The highest BCUT2D eigenvalue weighted by Gasteiger charge is 2.31.